The van der Waals surface area contributed by atoms with Crippen molar-refractivity contribution in [3.05, 3.63) is 0 Å². The molecule has 16 heavy (non-hydrogen) atoms. The second kappa shape index (κ2) is 4.43. The molecule has 2 nitrogen and oxygen atoms in total. The Balaban J connectivity index is 2.66. The molecule has 0 aromatic carbocycles. The van der Waals surface area contributed by atoms with Crippen LogP contribution in [0.15, 0.2) is 0 Å². The van der Waals surface area contributed by atoms with Crippen molar-refractivity contribution in [1.82, 2.24) is 4.90 Å². The van der Waals surface area contributed by atoms with E-state index in [4.69, 9.17) is 4.43 Å². The third-order valence-electron chi connectivity index (χ3n) is 4.35. The van der Waals surface area contributed by atoms with Gasteiger partial charge in [0.15, 0.2) is 8.32 Å². The maximum atomic E-state index is 6.59. The first kappa shape index (κ1) is 14.2. The summed E-state index contributed by atoms with van der Waals surface area (Å²) in [5.74, 6) is 0. The molecule has 0 amide bonds. The van der Waals surface area contributed by atoms with Gasteiger partial charge in [0.25, 0.3) is 0 Å². The van der Waals surface area contributed by atoms with Crippen LogP contribution in [0.4, 0.5) is 0 Å². The van der Waals surface area contributed by atoms with Gasteiger partial charge in [-0.15, -0.1) is 0 Å². The van der Waals surface area contributed by atoms with Crippen LogP contribution in [-0.4, -0.2) is 39.0 Å². The van der Waals surface area contributed by atoms with Gasteiger partial charge < -0.3 is 9.33 Å². The molecule has 1 saturated heterocycles. The van der Waals surface area contributed by atoms with E-state index in [1.54, 1.807) is 0 Å². The second-order valence-corrected chi connectivity index (χ2v) is 11.8. The minimum absolute atomic E-state index is 0.121. The van der Waals surface area contributed by atoms with Gasteiger partial charge in [-0.2, -0.15) is 0 Å². The van der Waals surface area contributed by atoms with Gasteiger partial charge in [-0.1, -0.05) is 20.8 Å². The fraction of sp³-hybridized carbons (Fsp3) is 1.00. The second-order valence-electron chi connectivity index (χ2n) is 7.12. The molecule has 0 radical (unpaired) electrons. The van der Waals surface area contributed by atoms with E-state index in [2.05, 4.69) is 52.7 Å². The normalized spacial score (nSPS) is 23.4. The van der Waals surface area contributed by atoms with Crippen molar-refractivity contribution in [2.75, 3.05) is 20.1 Å². The Morgan fingerprint density at radius 2 is 1.56 bits per heavy atom. The summed E-state index contributed by atoms with van der Waals surface area (Å²) < 4.78 is 6.59. The minimum atomic E-state index is -1.61. The molecule has 0 aromatic heterocycles. The number of likely N-dealkylation sites (tertiary alicyclic amines) is 1. The van der Waals surface area contributed by atoms with Crippen LogP contribution in [0.1, 0.15) is 40.5 Å². The number of rotatable bonds is 2. The van der Waals surface area contributed by atoms with Crippen LogP contribution in [0.3, 0.4) is 0 Å². The van der Waals surface area contributed by atoms with Gasteiger partial charge in [0.05, 0.1) is 5.60 Å². The van der Waals surface area contributed by atoms with E-state index in [9.17, 15) is 0 Å². The van der Waals surface area contributed by atoms with Gasteiger partial charge in [-0.25, -0.2) is 0 Å². The Kier molecular flexibility index (Phi) is 3.93. The quantitative estimate of drug-likeness (QED) is 0.688. The molecule has 96 valence electrons. The lowest BCUT2D eigenvalue weighted by atomic mass is 9.94. The molecule has 3 heteroatoms. The van der Waals surface area contributed by atoms with Crippen molar-refractivity contribution < 1.29 is 4.43 Å². The first-order valence-corrected chi connectivity index (χ1v) is 9.35. The number of hydrogen-bond acceptors (Lipinski definition) is 2. The Labute approximate surface area is 102 Å². The van der Waals surface area contributed by atoms with E-state index in [-0.39, 0.29) is 5.60 Å². The molecule has 1 fully saturated rings. The summed E-state index contributed by atoms with van der Waals surface area (Å²) in [6.45, 7) is 16.3. The van der Waals surface area contributed by atoms with Crippen LogP contribution >= 0.6 is 0 Å². The molecule has 1 aliphatic rings. The highest BCUT2D eigenvalue weighted by Gasteiger charge is 2.43. The highest BCUT2D eigenvalue weighted by Crippen LogP contribution is 2.41. The van der Waals surface area contributed by atoms with Crippen LogP contribution in [0, 0.1) is 0 Å². The summed E-state index contributed by atoms with van der Waals surface area (Å²) in [6.07, 6.45) is 2.35. The first-order chi connectivity index (χ1) is 7.06. The van der Waals surface area contributed by atoms with Crippen LogP contribution in [0.25, 0.3) is 0 Å². The molecule has 0 N–H and O–H groups in total. The summed E-state index contributed by atoms with van der Waals surface area (Å²) in [4.78, 5) is 2.40. The molecule has 0 saturated carbocycles. The SMILES string of the molecule is CN1CCC(C)(O[Si](C)(C)C(C)(C)C)CC1. The zero-order valence-corrected chi connectivity index (χ0v) is 13.2. The fourth-order valence-electron chi connectivity index (χ4n) is 1.96. The van der Waals surface area contributed by atoms with Crippen LogP contribution in [0.5, 0.6) is 0 Å². The van der Waals surface area contributed by atoms with Crippen molar-refractivity contribution in [3.63, 3.8) is 0 Å². The third-order valence-corrected chi connectivity index (χ3v) is 8.97. The van der Waals surface area contributed by atoms with Gasteiger partial charge in [0.2, 0.25) is 0 Å². The van der Waals surface area contributed by atoms with Crippen molar-refractivity contribution in [2.24, 2.45) is 0 Å². The maximum Gasteiger partial charge on any atom is 0.192 e. The highest BCUT2D eigenvalue weighted by molar-refractivity contribution is 6.74. The molecule has 0 atom stereocenters. The van der Waals surface area contributed by atoms with Gasteiger partial charge in [-0.05, 0) is 44.9 Å². The Morgan fingerprint density at radius 1 is 1.12 bits per heavy atom. The molecular weight excluding hydrogens is 214 g/mol. The average Bonchev–Trinajstić information content (AvgIpc) is 2.08. The fourth-order valence-corrected chi connectivity index (χ4v) is 3.70. The third kappa shape index (κ3) is 3.31. The summed E-state index contributed by atoms with van der Waals surface area (Å²) >= 11 is 0. The summed E-state index contributed by atoms with van der Waals surface area (Å²) in [5, 5.41) is 0.319. The number of nitrogens with zero attached hydrogens (tertiary/aromatic N) is 1. The highest BCUT2D eigenvalue weighted by atomic mass is 28.4. The summed E-state index contributed by atoms with van der Waals surface area (Å²) in [6, 6.07) is 0. The predicted molar refractivity (Wildman–Crippen MR) is 73.4 cm³/mol. The topological polar surface area (TPSA) is 12.5 Å². The van der Waals surface area contributed by atoms with E-state index in [1.807, 2.05) is 0 Å². The van der Waals surface area contributed by atoms with E-state index in [0.29, 0.717) is 5.04 Å². The van der Waals surface area contributed by atoms with Gasteiger partial charge in [0.1, 0.15) is 0 Å². The Hall–Kier alpha value is 0.137. The first-order valence-electron chi connectivity index (χ1n) is 6.45. The van der Waals surface area contributed by atoms with Crippen LogP contribution in [-0.2, 0) is 4.43 Å². The molecule has 0 aromatic rings. The van der Waals surface area contributed by atoms with Crippen molar-refractivity contribution in [2.45, 2.75) is 64.3 Å². The van der Waals surface area contributed by atoms with Gasteiger partial charge in [-0.3, -0.25) is 0 Å². The lowest BCUT2D eigenvalue weighted by Gasteiger charge is -2.47. The number of hydrogen-bond donors (Lipinski definition) is 0. The molecular formula is C13H29NOSi. The minimum Gasteiger partial charge on any atom is -0.412 e. The van der Waals surface area contributed by atoms with Crippen molar-refractivity contribution in [3.8, 4) is 0 Å². The summed E-state index contributed by atoms with van der Waals surface area (Å²) in [5.41, 5.74) is 0.121. The lowest BCUT2D eigenvalue weighted by molar-refractivity contribution is 0.0121. The Morgan fingerprint density at radius 3 is 1.94 bits per heavy atom. The van der Waals surface area contributed by atoms with E-state index >= 15 is 0 Å². The van der Waals surface area contributed by atoms with Crippen LogP contribution in [0.2, 0.25) is 18.1 Å². The summed E-state index contributed by atoms with van der Waals surface area (Å²) in [7, 11) is 0.595. The van der Waals surface area contributed by atoms with Crippen molar-refractivity contribution >= 4 is 8.32 Å². The van der Waals surface area contributed by atoms with E-state index in [1.165, 1.54) is 25.9 Å². The molecule has 0 unspecified atom stereocenters. The molecule has 0 aliphatic carbocycles. The zero-order chi connectivity index (χ0) is 12.6. The molecule has 1 rings (SSSR count). The molecule has 1 aliphatic heterocycles. The van der Waals surface area contributed by atoms with Crippen molar-refractivity contribution in [1.29, 1.82) is 0 Å². The zero-order valence-electron chi connectivity index (χ0n) is 12.2. The Bertz CT molecular complexity index is 237. The molecule has 0 spiro atoms. The standard InChI is InChI=1S/C13H29NOSi/c1-12(2,3)16(6,7)15-13(4)8-10-14(5)11-9-13/h8-11H2,1-7H3. The van der Waals surface area contributed by atoms with Gasteiger partial charge in [0, 0.05) is 13.1 Å². The smallest absolute Gasteiger partial charge is 0.192 e. The number of piperidine rings is 1. The molecule has 0 bridgehead atoms. The lowest BCUT2D eigenvalue weighted by Crippen LogP contribution is -2.52. The van der Waals surface area contributed by atoms with Crippen LogP contribution < -0.4 is 0 Å². The van der Waals surface area contributed by atoms with E-state index in [0.717, 1.165) is 0 Å². The maximum absolute atomic E-state index is 6.59. The molecule has 1 heterocycles. The van der Waals surface area contributed by atoms with Gasteiger partial charge >= 0.3 is 0 Å². The monoisotopic (exact) mass is 243 g/mol. The average molecular weight is 243 g/mol. The predicted octanol–water partition coefficient (Wildman–Crippen LogP) is 3.49. The largest absolute Gasteiger partial charge is 0.412 e. The van der Waals surface area contributed by atoms with E-state index < -0.39 is 8.32 Å².